The Morgan fingerprint density at radius 1 is 0.972 bits per heavy atom. The number of para-hydroxylation sites is 2. The van der Waals surface area contributed by atoms with Gasteiger partial charge in [-0.1, -0.05) is 47.5 Å². The normalized spacial score (nSPS) is 11.2. The standard InChI is InChI=1S/C27H17Cl2N3O2S2/c28-16-9-12-18(20(29)15-16)23-13-10-17(34-23)11-14-25(33)32-27(35)31-21-6-2-1-5-19(21)26-30-22-7-3-4-8-24(22)36-26/h1-15H,(H2,31,32,33,35)/b14-11+. The SMILES string of the molecule is O=C(/C=C/c1ccc(-c2ccc(Cl)cc2Cl)o1)NC(=S)Nc1ccccc1-c1nc2ccccc2s1. The van der Waals surface area contributed by atoms with Gasteiger partial charge in [0.1, 0.15) is 16.5 Å². The van der Waals surface area contributed by atoms with Crippen molar-refractivity contribution in [2.75, 3.05) is 5.32 Å². The first kappa shape index (κ1) is 24.2. The lowest BCUT2D eigenvalue weighted by molar-refractivity contribution is -0.115. The molecule has 0 atom stereocenters. The third-order valence-electron chi connectivity index (χ3n) is 5.16. The number of carbonyl (C=O) groups is 1. The average Bonchev–Trinajstić information content (AvgIpc) is 3.50. The van der Waals surface area contributed by atoms with E-state index in [-0.39, 0.29) is 5.11 Å². The first-order valence-electron chi connectivity index (χ1n) is 10.8. The van der Waals surface area contributed by atoms with E-state index in [1.807, 2.05) is 48.5 Å². The van der Waals surface area contributed by atoms with Gasteiger partial charge in [-0.25, -0.2) is 4.98 Å². The third kappa shape index (κ3) is 5.50. The Balaban J connectivity index is 1.24. The Labute approximate surface area is 226 Å². The Morgan fingerprint density at radius 3 is 2.61 bits per heavy atom. The summed E-state index contributed by atoms with van der Waals surface area (Å²) in [6.45, 7) is 0. The fourth-order valence-corrected chi connectivity index (χ4v) is 5.22. The van der Waals surface area contributed by atoms with Gasteiger partial charge in [0.2, 0.25) is 5.91 Å². The molecule has 0 bridgehead atoms. The molecule has 0 saturated heterocycles. The number of nitrogens with one attached hydrogen (secondary N) is 2. The highest BCUT2D eigenvalue weighted by Gasteiger charge is 2.12. The van der Waals surface area contributed by atoms with Crippen LogP contribution >= 0.6 is 46.8 Å². The van der Waals surface area contributed by atoms with Crippen molar-refractivity contribution < 1.29 is 9.21 Å². The summed E-state index contributed by atoms with van der Waals surface area (Å²) in [4.78, 5) is 17.2. The van der Waals surface area contributed by atoms with Gasteiger partial charge in [0.25, 0.3) is 0 Å². The number of fused-ring (bicyclic) bond motifs is 1. The number of benzene rings is 3. The number of thiocarbonyl (C=S) groups is 1. The molecule has 0 radical (unpaired) electrons. The number of hydrogen-bond donors (Lipinski definition) is 2. The molecule has 0 aliphatic heterocycles. The van der Waals surface area contributed by atoms with E-state index in [4.69, 9.17) is 44.8 Å². The quantitative estimate of drug-likeness (QED) is 0.171. The summed E-state index contributed by atoms with van der Waals surface area (Å²) < 4.78 is 6.88. The predicted molar refractivity (Wildman–Crippen MR) is 153 cm³/mol. The lowest BCUT2D eigenvalue weighted by Crippen LogP contribution is -2.32. The summed E-state index contributed by atoms with van der Waals surface area (Å²) in [6, 6.07) is 24.3. The molecule has 5 rings (SSSR count). The second-order valence-electron chi connectivity index (χ2n) is 7.64. The molecule has 5 aromatic rings. The van der Waals surface area contributed by atoms with Crippen LogP contribution in [0.3, 0.4) is 0 Å². The summed E-state index contributed by atoms with van der Waals surface area (Å²) in [5, 5.41) is 7.82. The minimum Gasteiger partial charge on any atom is -0.457 e. The van der Waals surface area contributed by atoms with Crippen molar-refractivity contribution in [2.24, 2.45) is 0 Å². The van der Waals surface area contributed by atoms with E-state index in [1.54, 1.807) is 47.7 Å². The van der Waals surface area contributed by atoms with Crippen LogP contribution in [0.4, 0.5) is 5.69 Å². The van der Waals surface area contributed by atoms with E-state index in [0.29, 0.717) is 27.1 Å². The van der Waals surface area contributed by atoms with Gasteiger partial charge in [0.15, 0.2) is 5.11 Å². The van der Waals surface area contributed by atoms with E-state index in [2.05, 4.69) is 10.6 Å². The van der Waals surface area contributed by atoms with Crippen LogP contribution in [0.1, 0.15) is 5.76 Å². The number of rotatable bonds is 5. The number of nitrogens with zero attached hydrogens (tertiary/aromatic N) is 1. The van der Waals surface area contributed by atoms with Crippen LogP contribution in [0.5, 0.6) is 0 Å². The van der Waals surface area contributed by atoms with Gasteiger partial charge < -0.3 is 9.73 Å². The minimum absolute atomic E-state index is 0.172. The van der Waals surface area contributed by atoms with Crippen LogP contribution in [0.15, 0.2) is 89.4 Å². The van der Waals surface area contributed by atoms with Crippen LogP contribution in [-0.4, -0.2) is 16.0 Å². The van der Waals surface area contributed by atoms with Crippen LogP contribution in [0.2, 0.25) is 10.0 Å². The molecule has 0 aliphatic rings. The first-order valence-corrected chi connectivity index (χ1v) is 12.7. The molecule has 2 N–H and O–H groups in total. The molecule has 0 aliphatic carbocycles. The molecular weight excluding hydrogens is 533 g/mol. The van der Waals surface area contributed by atoms with Gasteiger partial charge in [-0.2, -0.15) is 0 Å². The lowest BCUT2D eigenvalue weighted by atomic mass is 10.2. The highest BCUT2D eigenvalue weighted by molar-refractivity contribution is 7.80. The molecule has 0 spiro atoms. The number of amides is 1. The van der Waals surface area contributed by atoms with Crippen molar-refractivity contribution in [1.82, 2.24) is 10.3 Å². The van der Waals surface area contributed by atoms with Gasteiger partial charge in [0.05, 0.1) is 20.9 Å². The molecule has 0 fully saturated rings. The molecule has 178 valence electrons. The Kier molecular flexibility index (Phi) is 7.16. The van der Waals surface area contributed by atoms with Crippen molar-refractivity contribution in [1.29, 1.82) is 0 Å². The fourth-order valence-electron chi connectivity index (χ4n) is 3.51. The van der Waals surface area contributed by atoms with Crippen molar-refractivity contribution in [3.63, 3.8) is 0 Å². The van der Waals surface area contributed by atoms with Crippen molar-refractivity contribution in [2.45, 2.75) is 0 Å². The maximum atomic E-state index is 12.4. The zero-order valence-electron chi connectivity index (χ0n) is 18.5. The summed E-state index contributed by atoms with van der Waals surface area (Å²) in [6.07, 6.45) is 2.90. The molecule has 3 aromatic carbocycles. The summed E-state index contributed by atoms with van der Waals surface area (Å²) in [5.74, 6) is 0.666. The van der Waals surface area contributed by atoms with Crippen molar-refractivity contribution in [3.8, 4) is 21.9 Å². The summed E-state index contributed by atoms with van der Waals surface area (Å²) >= 11 is 19.2. The molecule has 2 aromatic heterocycles. The van der Waals surface area contributed by atoms with Crippen molar-refractivity contribution >= 4 is 79.8 Å². The molecule has 1 amide bonds. The van der Waals surface area contributed by atoms with Crippen LogP contribution in [0, 0.1) is 0 Å². The van der Waals surface area contributed by atoms with Crippen LogP contribution in [-0.2, 0) is 4.79 Å². The Hall–Kier alpha value is -3.49. The molecule has 5 nitrogen and oxygen atoms in total. The topological polar surface area (TPSA) is 67.2 Å². The molecule has 0 saturated carbocycles. The Bertz CT molecular complexity index is 1590. The highest BCUT2D eigenvalue weighted by atomic mass is 35.5. The van der Waals surface area contributed by atoms with E-state index < -0.39 is 5.91 Å². The largest absolute Gasteiger partial charge is 0.457 e. The zero-order chi connectivity index (χ0) is 25.1. The number of furan rings is 1. The molecule has 2 heterocycles. The first-order chi connectivity index (χ1) is 17.5. The maximum absolute atomic E-state index is 12.4. The number of aromatic nitrogens is 1. The van der Waals surface area contributed by atoms with Crippen LogP contribution < -0.4 is 10.6 Å². The maximum Gasteiger partial charge on any atom is 0.250 e. The molecule has 36 heavy (non-hydrogen) atoms. The summed E-state index contributed by atoms with van der Waals surface area (Å²) in [7, 11) is 0. The number of halogens is 2. The number of carbonyl (C=O) groups excluding carboxylic acids is 1. The number of anilines is 1. The van der Waals surface area contributed by atoms with E-state index in [9.17, 15) is 4.79 Å². The fraction of sp³-hybridized carbons (Fsp3) is 0. The number of hydrogen-bond acceptors (Lipinski definition) is 5. The third-order valence-corrected chi connectivity index (χ3v) is 6.98. The molecular formula is C27H17Cl2N3O2S2. The minimum atomic E-state index is -0.396. The second-order valence-corrected chi connectivity index (χ2v) is 9.92. The van der Waals surface area contributed by atoms with Gasteiger partial charge in [-0.3, -0.25) is 10.1 Å². The van der Waals surface area contributed by atoms with Gasteiger partial charge in [0, 0.05) is 22.2 Å². The smallest absolute Gasteiger partial charge is 0.250 e. The van der Waals surface area contributed by atoms with E-state index in [1.165, 1.54) is 6.08 Å². The monoisotopic (exact) mass is 549 g/mol. The van der Waals surface area contributed by atoms with E-state index in [0.717, 1.165) is 26.5 Å². The molecule has 0 unspecified atom stereocenters. The van der Waals surface area contributed by atoms with Crippen molar-refractivity contribution in [3.05, 3.63) is 101 Å². The Morgan fingerprint density at radius 2 is 1.78 bits per heavy atom. The zero-order valence-corrected chi connectivity index (χ0v) is 21.6. The van der Waals surface area contributed by atoms with E-state index >= 15 is 0 Å². The lowest BCUT2D eigenvalue weighted by Gasteiger charge is -2.11. The number of thiazole rings is 1. The van der Waals surface area contributed by atoms with Gasteiger partial charge in [-0.05, 0) is 72.9 Å². The second kappa shape index (κ2) is 10.6. The molecule has 9 heteroatoms. The highest BCUT2D eigenvalue weighted by Crippen LogP contribution is 2.34. The van der Waals surface area contributed by atoms with Gasteiger partial charge >= 0.3 is 0 Å². The summed E-state index contributed by atoms with van der Waals surface area (Å²) in [5.41, 5.74) is 3.30. The predicted octanol–water partition coefficient (Wildman–Crippen LogP) is 8.06. The van der Waals surface area contributed by atoms with Gasteiger partial charge in [-0.15, -0.1) is 11.3 Å². The average molecular weight is 550 g/mol. The van der Waals surface area contributed by atoms with Crippen LogP contribution in [0.25, 0.3) is 38.2 Å².